The molecular weight excluding hydrogens is 202 g/mol. The van der Waals surface area contributed by atoms with Gasteiger partial charge in [0.2, 0.25) is 5.01 Å². The maximum absolute atomic E-state index is 11.3. The Morgan fingerprint density at radius 3 is 2.71 bits per heavy atom. The average molecular weight is 213 g/mol. The van der Waals surface area contributed by atoms with E-state index in [4.69, 9.17) is 4.74 Å². The summed E-state index contributed by atoms with van der Waals surface area (Å²) in [5.41, 5.74) is 0.660. The van der Waals surface area contributed by atoms with Crippen molar-refractivity contribution < 1.29 is 14.3 Å². The van der Waals surface area contributed by atoms with Gasteiger partial charge in [-0.15, -0.1) is 11.3 Å². The lowest BCUT2D eigenvalue weighted by molar-refractivity contribution is 0.0525. The predicted octanol–water partition coefficient (Wildman–Crippen LogP) is 1.69. The van der Waals surface area contributed by atoms with Gasteiger partial charge in [-0.25, -0.2) is 9.78 Å². The zero-order valence-electron chi connectivity index (χ0n) is 8.07. The highest BCUT2D eigenvalue weighted by Crippen LogP contribution is 2.17. The van der Waals surface area contributed by atoms with Crippen molar-refractivity contribution in [2.75, 3.05) is 6.61 Å². The molecule has 0 spiro atoms. The molecule has 0 fully saturated rings. The van der Waals surface area contributed by atoms with Crippen LogP contribution in [0, 0.1) is 0 Å². The summed E-state index contributed by atoms with van der Waals surface area (Å²) in [5, 5.41) is 0.255. The number of ether oxygens (including phenoxy) is 1. The number of aromatic nitrogens is 1. The Labute approximate surface area is 85.9 Å². The first-order valence-electron chi connectivity index (χ1n) is 4.34. The largest absolute Gasteiger partial charge is 0.461 e. The summed E-state index contributed by atoms with van der Waals surface area (Å²) in [4.78, 5) is 26.4. The Morgan fingerprint density at radius 1 is 1.57 bits per heavy atom. The van der Waals surface area contributed by atoms with Crippen LogP contribution in [0.3, 0.4) is 0 Å². The van der Waals surface area contributed by atoms with Crippen LogP contribution in [0.4, 0.5) is 0 Å². The lowest BCUT2D eigenvalue weighted by atomic mass is 10.3. The second-order valence-corrected chi connectivity index (χ2v) is 3.55. The van der Waals surface area contributed by atoms with Gasteiger partial charge in [-0.3, -0.25) is 4.79 Å². The summed E-state index contributed by atoms with van der Waals surface area (Å²) in [7, 11) is 0. The quantitative estimate of drug-likeness (QED) is 0.564. The molecule has 0 aliphatic heterocycles. The van der Waals surface area contributed by atoms with Crippen molar-refractivity contribution in [3.05, 3.63) is 15.6 Å². The smallest absolute Gasteiger partial charge is 0.367 e. The molecule has 0 aromatic carbocycles. The van der Waals surface area contributed by atoms with E-state index in [1.807, 2.05) is 6.92 Å². The van der Waals surface area contributed by atoms with Gasteiger partial charge in [0.15, 0.2) is 6.29 Å². The summed E-state index contributed by atoms with van der Waals surface area (Å²) >= 11 is 1.08. The van der Waals surface area contributed by atoms with E-state index in [9.17, 15) is 9.59 Å². The molecule has 1 aromatic heterocycles. The van der Waals surface area contributed by atoms with Crippen LogP contribution in [0.25, 0.3) is 0 Å². The van der Waals surface area contributed by atoms with Crippen LogP contribution in [0.1, 0.15) is 39.0 Å². The van der Waals surface area contributed by atoms with Gasteiger partial charge >= 0.3 is 5.97 Å². The highest BCUT2D eigenvalue weighted by molar-refractivity contribution is 7.15. The fourth-order valence-electron chi connectivity index (χ4n) is 0.989. The molecule has 0 saturated carbocycles. The molecule has 0 atom stereocenters. The number of hydrogen-bond acceptors (Lipinski definition) is 5. The van der Waals surface area contributed by atoms with Gasteiger partial charge in [0.25, 0.3) is 0 Å². The number of thiazole rings is 1. The van der Waals surface area contributed by atoms with E-state index in [1.54, 1.807) is 6.92 Å². The van der Waals surface area contributed by atoms with E-state index < -0.39 is 5.97 Å². The number of aldehydes is 1. The summed E-state index contributed by atoms with van der Waals surface area (Å²) in [6.45, 7) is 3.93. The molecule has 1 rings (SSSR count). The summed E-state index contributed by atoms with van der Waals surface area (Å²) in [6.07, 6.45) is 1.36. The molecule has 0 radical (unpaired) electrons. The van der Waals surface area contributed by atoms with Crippen LogP contribution >= 0.6 is 11.3 Å². The second kappa shape index (κ2) is 4.85. The third-order valence-electron chi connectivity index (χ3n) is 1.62. The minimum absolute atomic E-state index is 0.255. The molecule has 4 nitrogen and oxygen atoms in total. The highest BCUT2D eigenvalue weighted by Gasteiger charge is 2.15. The first-order chi connectivity index (χ1) is 6.72. The SMILES string of the molecule is CCOC(=O)c1nc(CC)c(C=O)s1. The molecule has 5 heteroatoms. The molecular formula is C9H11NO3S. The predicted molar refractivity (Wildman–Crippen MR) is 52.8 cm³/mol. The molecule has 76 valence electrons. The van der Waals surface area contributed by atoms with E-state index in [0.29, 0.717) is 23.6 Å². The molecule has 0 unspecified atom stereocenters. The van der Waals surface area contributed by atoms with E-state index in [2.05, 4.69) is 4.98 Å². The lowest BCUT2D eigenvalue weighted by Gasteiger charge is -1.95. The van der Waals surface area contributed by atoms with Gasteiger partial charge in [0.1, 0.15) is 0 Å². The molecule has 0 bridgehead atoms. The highest BCUT2D eigenvalue weighted by atomic mass is 32.1. The van der Waals surface area contributed by atoms with Crippen LogP contribution in [-0.4, -0.2) is 23.8 Å². The normalized spacial score (nSPS) is 9.86. The number of rotatable bonds is 4. The maximum Gasteiger partial charge on any atom is 0.367 e. The van der Waals surface area contributed by atoms with Gasteiger partial charge in [-0.05, 0) is 13.3 Å². The standard InChI is InChI=1S/C9H11NO3S/c1-3-6-7(5-11)14-8(10-6)9(12)13-4-2/h5H,3-4H2,1-2H3. The van der Waals surface area contributed by atoms with Crippen molar-refractivity contribution in [1.82, 2.24) is 4.98 Å². The van der Waals surface area contributed by atoms with E-state index >= 15 is 0 Å². The third kappa shape index (κ3) is 2.17. The van der Waals surface area contributed by atoms with Crippen molar-refractivity contribution >= 4 is 23.6 Å². The number of carbonyl (C=O) groups excluding carboxylic acids is 2. The second-order valence-electron chi connectivity index (χ2n) is 2.52. The van der Waals surface area contributed by atoms with Crippen molar-refractivity contribution in [3.8, 4) is 0 Å². The van der Waals surface area contributed by atoms with Gasteiger partial charge in [-0.2, -0.15) is 0 Å². The van der Waals surface area contributed by atoms with Gasteiger partial charge in [0.05, 0.1) is 17.2 Å². The Balaban J connectivity index is 2.94. The van der Waals surface area contributed by atoms with Crippen molar-refractivity contribution in [3.63, 3.8) is 0 Å². The Hall–Kier alpha value is -1.23. The van der Waals surface area contributed by atoms with Crippen LogP contribution in [0.5, 0.6) is 0 Å². The Kier molecular flexibility index (Phi) is 3.76. The molecule has 0 N–H and O–H groups in total. The molecule has 0 aliphatic rings. The Morgan fingerprint density at radius 2 is 2.29 bits per heavy atom. The van der Waals surface area contributed by atoms with Crippen LogP contribution in [0.2, 0.25) is 0 Å². The Bertz CT molecular complexity index is 346. The van der Waals surface area contributed by atoms with Crippen molar-refractivity contribution in [1.29, 1.82) is 0 Å². The number of hydrogen-bond donors (Lipinski definition) is 0. The number of aryl methyl sites for hydroxylation is 1. The average Bonchev–Trinajstić information content (AvgIpc) is 2.61. The molecule has 1 heterocycles. The first-order valence-corrected chi connectivity index (χ1v) is 5.16. The molecule has 0 amide bonds. The number of nitrogens with zero attached hydrogens (tertiary/aromatic N) is 1. The van der Waals surface area contributed by atoms with Crippen molar-refractivity contribution in [2.24, 2.45) is 0 Å². The molecule has 0 saturated heterocycles. The van der Waals surface area contributed by atoms with Crippen molar-refractivity contribution in [2.45, 2.75) is 20.3 Å². The summed E-state index contributed by atoms with van der Waals surface area (Å²) in [6, 6.07) is 0. The first kappa shape index (κ1) is 10.8. The minimum atomic E-state index is -0.458. The zero-order chi connectivity index (χ0) is 10.6. The van der Waals surface area contributed by atoms with E-state index in [0.717, 1.165) is 17.6 Å². The topological polar surface area (TPSA) is 56.3 Å². The van der Waals surface area contributed by atoms with Crippen LogP contribution in [0.15, 0.2) is 0 Å². The van der Waals surface area contributed by atoms with Crippen LogP contribution in [-0.2, 0) is 11.2 Å². The van der Waals surface area contributed by atoms with Gasteiger partial charge in [0, 0.05) is 0 Å². The summed E-state index contributed by atoms with van der Waals surface area (Å²) in [5.74, 6) is -0.458. The molecule has 14 heavy (non-hydrogen) atoms. The van der Waals surface area contributed by atoms with Gasteiger partial charge < -0.3 is 4.74 Å². The minimum Gasteiger partial charge on any atom is -0.461 e. The van der Waals surface area contributed by atoms with E-state index in [1.165, 1.54) is 0 Å². The van der Waals surface area contributed by atoms with Gasteiger partial charge in [-0.1, -0.05) is 6.92 Å². The van der Waals surface area contributed by atoms with Crippen LogP contribution < -0.4 is 0 Å². The third-order valence-corrected chi connectivity index (χ3v) is 2.62. The lowest BCUT2D eigenvalue weighted by Crippen LogP contribution is -2.03. The monoisotopic (exact) mass is 213 g/mol. The fourth-order valence-corrected chi connectivity index (χ4v) is 1.85. The maximum atomic E-state index is 11.3. The molecule has 1 aromatic rings. The number of carbonyl (C=O) groups is 2. The number of esters is 1. The fraction of sp³-hybridized carbons (Fsp3) is 0.444. The zero-order valence-corrected chi connectivity index (χ0v) is 8.89. The van der Waals surface area contributed by atoms with E-state index in [-0.39, 0.29) is 5.01 Å². The summed E-state index contributed by atoms with van der Waals surface area (Å²) < 4.78 is 4.78. The molecule has 0 aliphatic carbocycles.